The van der Waals surface area contributed by atoms with E-state index in [4.69, 9.17) is 9.47 Å². The molecule has 0 fully saturated rings. The molecule has 0 spiro atoms. The molecule has 1 unspecified atom stereocenters. The zero-order valence-corrected chi connectivity index (χ0v) is 16.7. The van der Waals surface area contributed by atoms with Crippen molar-refractivity contribution in [2.45, 2.75) is 33.1 Å². The van der Waals surface area contributed by atoms with Crippen LogP contribution in [-0.4, -0.2) is 6.61 Å². The molecule has 0 saturated carbocycles. The first kappa shape index (κ1) is 19.4. The van der Waals surface area contributed by atoms with Gasteiger partial charge in [0.2, 0.25) is 0 Å². The zero-order valence-electron chi connectivity index (χ0n) is 15.9. The highest BCUT2D eigenvalue weighted by Gasteiger charge is 2.20. The van der Waals surface area contributed by atoms with E-state index in [0.717, 1.165) is 17.0 Å². The van der Waals surface area contributed by atoms with Gasteiger partial charge in [0, 0.05) is 10.8 Å². The molecule has 4 heteroatoms. The van der Waals surface area contributed by atoms with E-state index < -0.39 is 0 Å². The lowest BCUT2D eigenvalue weighted by atomic mass is 9.88. The zero-order chi connectivity index (χ0) is 19.2. The molecule has 1 heterocycles. The third-order valence-corrected chi connectivity index (χ3v) is 5.45. The van der Waals surface area contributed by atoms with Crippen LogP contribution in [0.3, 0.4) is 0 Å². The first-order valence-corrected chi connectivity index (χ1v) is 9.92. The molecule has 0 bridgehead atoms. The van der Waals surface area contributed by atoms with E-state index in [-0.39, 0.29) is 17.5 Å². The van der Waals surface area contributed by atoms with Crippen molar-refractivity contribution in [2.24, 2.45) is 0 Å². The van der Waals surface area contributed by atoms with Gasteiger partial charge in [-0.15, -0.1) is 11.3 Å². The van der Waals surface area contributed by atoms with Crippen LogP contribution in [0, 0.1) is 11.7 Å². The SMILES string of the molecule is CCOc1ccc(C(Cc2ccc(F)c(Oc3ccccc3)c2)[C](C)C)s1. The Morgan fingerprint density at radius 2 is 1.81 bits per heavy atom. The Labute approximate surface area is 164 Å². The predicted octanol–water partition coefficient (Wildman–Crippen LogP) is 7.02. The fourth-order valence-corrected chi connectivity index (χ4v) is 4.08. The summed E-state index contributed by atoms with van der Waals surface area (Å²) >= 11 is 1.67. The van der Waals surface area contributed by atoms with E-state index in [1.807, 2.05) is 49.4 Å². The first-order chi connectivity index (χ1) is 13.1. The quantitative estimate of drug-likeness (QED) is 0.416. The molecular formula is C23H24FO2S. The van der Waals surface area contributed by atoms with Gasteiger partial charge in [-0.1, -0.05) is 38.1 Å². The van der Waals surface area contributed by atoms with Gasteiger partial charge < -0.3 is 9.47 Å². The summed E-state index contributed by atoms with van der Waals surface area (Å²) in [7, 11) is 0. The maximum Gasteiger partial charge on any atom is 0.173 e. The number of para-hydroxylation sites is 1. The van der Waals surface area contributed by atoms with Crippen LogP contribution in [0.2, 0.25) is 0 Å². The van der Waals surface area contributed by atoms with E-state index >= 15 is 0 Å². The number of halogens is 1. The third kappa shape index (κ3) is 5.10. The van der Waals surface area contributed by atoms with Gasteiger partial charge in [-0.3, -0.25) is 0 Å². The van der Waals surface area contributed by atoms with Gasteiger partial charge in [-0.25, -0.2) is 4.39 Å². The van der Waals surface area contributed by atoms with Crippen LogP contribution in [0.5, 0.6) is 16.6 Å². The molecule has 1 radical (unpaired) electrons. The number of hydrogen-bond acceptors (Lipinski definition) is 3. The van der Waals surface area contributed by atoms with Crippen LogP contribution in [0.1, 0.15) is 37.1 Å². The third-order valence-electron chi connectivity index (χ3n) is 4.34. The van der Waals surface area contributed by atoms with E-state index in [1.165, 1.54) is 16.9 Å². The van der Waals surface area contributed by atoms with Gasteiger partial charge in [0.15, 0.2) is 16.6 Å². The highest BCUT2D eigenvalue weighted by atomic mass is 32.1. The van der Waals surface area contributed by atoms with Crippen molar-refractivity contribution in [1.29, 1.82) is 0 Å². The lowest BCUT2D eigenvalue weighted by molar-refractivity contribution is 0.350. The minimum absolute atomic E-state index is 0.257. The van der Waals surface area contributed by atoms with Gasteiger partial charge in [-0.05, 0) is 61.2 Å². The van der Waals surface area contributed by atoms with Gasteiger partial charge in [0.05, 0.1) is 6.61 Å². The average Bonchev–Trinajstić information content (AvgIpc) is 3.11. The molecule has 0 aliphatic rings. The lowest BCUT2D eigenvalue weighted by Gasteiger charge is -2.20. The minimum Gasteiger partial charge on any atom is -0.484 e. The van der Waals surface area contributed by atoms with Gasteiger partial charge in [0.25, 0.3) is 0 Å². The highest BCUT2D eigenvalue weighted by molar-refractivity contribution is 7.13. The second-order valence-electron chi connectivity index (χ2n) is 6.60. The largest absolute Gasteiger partial charge is 0.484 e. The Hall–Kier alpha value is -2.33. The minimum atomic E-state index is -0.355. The van der Waals surface area contributed by atoms with Crippen molar-refractivity contribution in [3.63, 3.8) is 0 Å². The molecule has 2 nitrogen and oxygen atoms in total. The van der Waals surface area contributed by atoms with Crippen LogP contribution in [-0.2, 0) is 6.42 Å². The van der Waals surface area contributed by atoms with E-state index in [0.29, 0.717) is 12.4 Å². The molecule has 0 aliphatic heterocycles. The Balaban J connectivity index is 1.80. The molecule has 3 rings (SSSR count). The molecule has 3 aromatic rings. The number of hydrogen-bond donors (Lipinski definition) is 0. The smallest absolute Gasteiger partial charge is 0.173 e. The van der Waals surface area contributed by atoms with Crippen molar-refractivity contribution < 1.29 is 13.9 Å². The summed E-state index contributed by atoms with van der Waals surface area (Å²) in [4.78, 5) is 1.26. The number of ether oxygens (including phenoxy) is 2. The Morgan fingerprint density at radius 1 is 1.04 bits per heavy atom. The molecule has 27 heavy (non-hydrogen) atoms. The summed E-state index contributed by atoms with van der Waals surface area (Å²) in [5, 5.41) is 0.936. The molecular weight excluding hydrogens is 359 g/mol. The number of thiophene rings is 1. The summed E-state index contributed by atoms with van der Waals surface area (Å²) < 4.78 is 25.6. The lowest BCUT2D eigenvalue weighted by Crippen LogP contribution is -2.07. The highest BCUT2D eigenvalue weighted by Crippen LogP contribution is 2.38. The summed E-state index contributed by atoms with van der Waals surface area (Å²) in [6, 6.07) is 18.5. The summed E-state index contributed by atoms with van der Waals surface area (Å²) in [5.41, 5.74) is 1.04. The summed E-state index contributed by atoms with van der Waals surface area (Å²) in [6.45, 7) is 6.92. The molecule has 141 valence electrons. The van der Waals surface area contributed by atoms with Gasteiger partial charge >= 0.3 is 0 Å². The van der Waals surface area contributed by atoms with Crippen LogP contribution in [0.25, 0.3) is 0 Å². The van der Waals surface area contributed by atoms with Crippen LogP contribution < -0.4 is 9.47 Å². The topological polar surface area (TPSA) is 18.5 Å². The van der Waals surface area contributed by atoms with Crippen molar-refractivity contribution >= 4 is 11.3 Å². The van der Waals surface area contributed by atoms with Crippen molar-refractivity contribution in [3.05, 3.63) is 82.8 Å². The van der Waals surface area contributed by atoms with Crippen LogP contribution >= 0.6 is 11.3 Å². The molecule has 1 aromatic heterocycles. The van der Waals surface area contributed by atoms with Crippen molar-refractivity contribution in [1.82, 2.24) is 0 Å². The standard InChI is InChI=1S/C23H24FO2S/c1-4-25-23-13-12-22(27-23)19(16(2)3)14-17-10-11-20(24)21(15-17)26-18-8-6-5-7-9-18/h5-13,15,19H,4,14H2,1-3H3. The van der Waals surface area contributed by atoms with E-state index in [1.54, 1.807) is 17.4 Å². The van der Waals surface area contributed by atoms with Crippen molar-refractivity contribution in [3.8, 4) is 16.6 Å². The van der Waals surface area contributed by atoms with E-state index in [2.05, 4.69) is 19.9 Å². The van der Waals surface area contributed by atoms with Gasteiger partial charge in [0.1, 0.15) is 5.75 Å². The second-order valence-corrected chi connectivity index (χ2v) is 7.68. The molecule has 0 amide bonds. The molecule has 2 aromatic carbocycles. The number of benzene rings is 2. The monoisotopic (exact) mass is 383 g/mol. The Bertz CT molecular complexity index is 858. The van der Waals surface area contributed by atoms with Crippen molar-refractivity contribution in [2.75, 3.05) is 6.61 Å². The average molecular weight is 384 g/mol. The molecule has 0 N–H and O–H groups in total. The Kier molecular flexibility index (Phi) is 6.51. The fourth-order valence-electron chi connectivity index (χ4n) is 2.93. The maximum atomic E-state index is 14.2. The fraction of sp³-hybridized carbons (Fsp3) is 0.261. The second kappa shape index (κ2) is 9.05. The number of rotatable bonds is 8. The van der Waals surface area contributed by atoms with Crippen LogP contribution in [0.15, 0.2) is 60.7 Å². The summed E-state index contributed by atoms with van der Waals surface area (Å²) in [6.07, 6.45) is 0.792. The normalized spacial score (nSPS) is 12.2. The van der Waals surface area contributed by atoms with E-state index in [9.17, 15) is 4.39 Å². The summed E-state index contributed by atoms with van der Waals surface area (Å²) in [5.74, 6) is 2.11. The van der Waals surface area contributed by atoms with Gasteiger partial charge in [-0.2, -0.15) is 0 Å². The predicted molar refractivity (Wildman–Crippen MR) is 109 cm³/mol. The molecule has 0 aliphatic carbocycles. The first-order valence-electron chi connectivity index (χ1n) is 9.10. The maximum absolute atomic E-state index is 14.2. The molecule has 0 saturated heterocycles. The Morgan fingerprint density at radius 3 is 2.52 bits per heavy atom. The molecule has 1 atom stereocenters. The van der Waals surface area contributed by atoms with Crippen LogP contribution in [0.4, 0.5) is 4.39 Å².